The van der Waals surface area contributed by atoms with Crippen molar-refractivity contribution in [1.82, 2.24) is 15.1 Å². The Bertz CT molecular complexity index is 989. The second kappa shape index (κ2) is 7.99. The van der Waals surface area contributed by atoms with Gasteiger partial charge in [-0.1, -0.05) is 29.9 Å². The van der Waals surface area contributed by atoms with Gasteiger partial charge in [0.05, 0.1) is 5.39 Å². The first-order valence-corrected chi connectivity index (χ1v) is 9.91. The molecule has 0 spiro atoms. The van der Waals surface area contributed by atoms with E-state index in [0.29, 0.717) is 21.6 Å². The van der Waals surface area contributed by atoms with E-state index in [1.54, 1.807) is 0 Å². The normalized spacial score (nSPS) is 14.9. The van der Waals surface area contributed by atoms with Crippen molar-refractivity contribution in [2.45, 2.75) is 25.8 Å². The summed E-state index contributed by atoms with van der Waals surface area (Å²) in [5.41, 5.74) is 1.73. The maximum absolute atomic E-state index is 12.5. The number of H-pyrrole nitrogens is 1. The molecule has 0 aliphatic carbocycles. The standard InChI is InChI=1S/C19H20N4O4S/c24-17(13-6-4-12(5-7-13)11-23-8-2-1-3-9-23)20-16-14-10-15(27-19(25)26)28-18(14)22-21-16/h4-7,10H,1-3,8-9,11H2,(H,25,26)(H2,20,21,22,24). The Hall–Kier alpha value is -2.91. The van der Waals surface area contributed by atoms with Crippen LogP contribution in [0.4, 0.5) is 10.6 Å². The summed E-state index contributed by atoms with van der Waals surface area (Å²) in [6.07, 6.45) is 2.43. The van der Waals surface area contributed by atoms with Crippen LogP contribution in [-0.2, 0) is 6.54 Å². The maximum Gasteiger partial charge on any atom is 0.512 e. The van der Waals surface area contributed by atoms with Crippen LogP contribution in [0.15, 0.2) is 30.3 Å². The summed E-state index contributed by atoms with van der Waals surface area (Å²) >= 11 is 1.11. The van der Waals surface area contributed by atoms with Gasteiger partial charge in [-0.15, -0.1) is 0 Å². The quantitative estimate of drug-likeness (QED) is 0.560. The fraction of sp³-hybridized carbons (Fsp3) is 0.316. The van der Waals surface area contributed by atoms with Gasteiger partial charge >= 0.3 is 6.16 Å². The molecule has 0 bridgehead atoms. The highest BCUT2D eigenvalue weighted by Gasteiger charge is 2.16. The van der Waals surface area contributed by atoms with Gasteiger partial charge in [-0.05, 0) is 43.6 Å². The molecule has 3 aromatic rings. The molecule has 1 aliphatic rings. The largest absolute Gasteiger partial charge is 0.512 e. The van der Waals surface area contributed by atoms with Crippen molar-refractivity contribution < 1.29 is 19.4 Å². The topological polar surface area (TPSA) is 108 Å². The molecule has 2 aromatic heterocycles. The molecule has 0 radical (unpaired) electrons. The molecule has 0 unspecified atom stereocenters. The Labute approximate surface area is 165 Å². The molecule has 8 nitrogen and oxygen atoms in total. The van der Waals surface area contributed by atoms with Gasteiger partial charge in [-0.25, -0.2) is 4.79 Å². The fourth-order valence-electron chi connectivity index (χ4n) is 3.34. The molecule has 9 heteroatoms. The van der Waals surface area contributed by atoms with E-state index >= 15 is 0 Å². The molecule has 3 heterocycles. The average molecular weight is 400 g/mol. The minimum absolute atomic E-state index is 0.216. The number of benzene rings is 1. The van der Waals surface area contributed by atoms with Crippen LogP contribution in [0.3, 0.4) is 0 Å². The molecule has 1 saturated heterocycles. The van der Waals surface area contributed by atoms with E-state index in [1.165, 1.54) is 30.9 Å². The van der Waals surface area contributed by atoms with Crippen molar-refractivity contribution in [3.05, 3.63) is 41.5 Å². The molecular formula is C19H20N4O4S. The monoisotopic (exact) mass is 400 g/mol. The summed E-state index contributed by atoms with van der Waals surface area (Å²) < 4.78 is 4.65. The molecule has 1 aromatic carbocycles. The number of ether oxygens (including phenoxy) is 1. The van der Waals surface area contributed by atoms with Crippen molar-refractivity contribution in [1.29, 1.82) is 0 Å². The Morgan fingerprint density at radius 2 is 1.96 bits per heavy atom. The third-order valence-electron chi connectivity index (χ3n) is 4.72. The summed E-state index contributed by atoms with van der Waals surface area (Å²) in [6, 6.07) is 9.12. The number of carbonyl (C=O) groups is 2. The van der Waals surface area contributed by atoms with Gasteiger partial charge in [-0.2, -0.15) is 5.10 Å². The van der Waals surface area contributed by atoms with E-state index in [0.717, 1.165) is 31.0 Å². The third-order valence-corrected chi connectivity index (χ3v) is 5.64. The number of carboxylic acid groups (broad SMARTS) is 1. The van der Waals surface area contributed by atoms with Crippen LogP contribution >= 0.6 is 11.3 Å². The zero-order valence-corrected chi connectivity index (χ0v) is 15.9. The van der Waals surface area contributed by atoms with Gasteiger partial charge in [0.25, 0.3) is 5.91 Å². The highest BCUT2D eigenvalue weighted by atomic mass is 32.1. The number of piperidine rings is 1. The van der Waals surface area contributed by atoms with Crippen molar-refractivity contribution in [3.8, 4) is 5.06 Å². The number of hydrogen-bond acceptors (Lipinski definition) is 6. The van der Waals surface area contributed by atoms with Crippen molar-refractivity contribution in [2.75, 3.05) is 18.4 Å². The lowest BCUT2D eigenvalue weighted by Gasteiger charge is -2.26. The highest BCUT2D eigenvalue weighted by Crippen LogP contribution is 2.34. The van der Waals surface area contributed by atoms with Crippen molar-refractivity contribution in [2.24, 2.45) is 0 Å². The lowest BCUT2D eigenvalue weighted by Crippen LogP contribution is -2.29. The SMILES string of the molecule is O=C(O)Oc1cc2c(NC(=O)c3ccc(CN4CCCCC4)cc3)n[nH]c2s1. The van der Waals surface area contributed by atoms with Gasteiger partial charge in [0.2, 0.25) is 0 Å². The summed E-state index contributed by atoms with van der Waals surface area (Å²) in [4.78, 5) is 26.3. The van der Waals surface area contributed by atoms with Crippen LogP contribution in [0.1, 0.15) is 35.2 Å². The molecule has 0 atom stereocenters. The van der Waals surface area contributed by atoms with Gasteiger partial charge in [0, 0.05) is 18.2 Å². The number of amides is 1. The molecule has 0 saturated carbocycles. The molecule has 3 N–H and O–H groups in total. The molecule has 1 fully saturated rings. The first kappa shape index (κ1) is 18.5. The number of rotatable bonds is 5. The number of aromatic nitrogens is 2. The molecule has 1 amide bonds. The van der Waals surface area contributed by atoms with Crippen molar-refractivity contribution in [3.63, 3.8) is 0 Å². The predicted molar refractivity (Wildman–Crippen MR) is 106 cm³/mol. The molecule has 146 valence electrons. The lowest BCUT2D eigenvalue weighted by atomic mass is 10.1. The smallest absolute Gasteiger partial charge is 0.449 e. The molecule has 28 heavy (non-hydrogen) atoms. The molecule has 1 aliphatic heterocycles. The maximum atomic E-state index is 12.5. The number of carbonyl (C=O) groups excluding carboxylic acids is 1. The second-order valence-corrected chi connectivity index (χ2v) is 7.75. The number of fused-ring (bicyclic) bond motifs is 1. The van der Waals surface area contributed by atoms with Crippen LogP contribution in [0.25, 0.3) is 10.2 Å². The average Bonchev–Trinajstić information content (AvgIpc) is 3.24. The molecule has 4 rings (SSSR count). The van der Waals surface area contributed by atoms with Crippen LogP contribution in [0.5, 0.6) is 5.06 Å². The summed E-state index contributed by atoms with van der Waals surface area (Å²) in [7, 11) is 0. The molecular weight excluding hydrogens is 380 g/mol. The first-order chi connectivity index (χ1) is 13.6. The van der Waals surface area contributed by atoms with E-state index in [1.807, 2.05) is 24.3 Å². The summed E-state index contributed by atoms with van der Waals surface area (Å²) in [5.74, 6) is 0.0682. The summed E-state index contributed by atoms with van der Waals surface area (Å²) in [6.45, 7) is 3.17. The Morgan fingerprint density at radius 3 is 2.68 bits per heavy atom. The number of aromatic amines is 1. The van der Waals surface area contributed by atoms with Crippen LogP contribution < -0.4 is 10.1 Å². The van der Waals surface area contributed by atoms with Gasteiger partial charge < -0.3 is 15.2 Å². The van der Waals surface area contributed by atoms with E-state index in [-0.39, 0.29) is 11.0 Å². The minimum Gasteiger partial charge on any atom is -0.449 e. The van der Waals surface area contributed by atoms with Gasteiger partial charge in [-0.3, -0.25) is 14.8 Å². The number of likely N-dealkylation sites (tertiary alicyclic amines) is 1. The number of thiophene rings is 1. The van der Waals surface area contributed by atoms with Gasteiger partial charge in [0.15, 0.2) is 10.9 Å². The van der Waals surface area contributed by atoms with Crippen LogP contribution in [0.2, 0.25) is 0 Å². The zero-order valence-electron chi connectivity index (χ0n) is 15.1. The van der Waals surface area contributed by atoms with E-state index in [9.17, 15) is 9.59 Å². The Balaban J connectivity index is 1.42. The summed E-state index contributed by atoms with van der Waals surface area (Å²) in [5, 5.41) is 19.1. The van der Waals surface area contributed by atoms with E-state index in [2.05, 4.69) is 25.2 Å². The minimum atomic E-state index is -1.38. The lowest BCUT2D eigenvalue weighted by molar-refractivity contribution is 0.102. The van der Waals surface area contributed by atoms with Gasteiger partial charge in [0.1, 0.15) is 4.83 Å². The first-order valence-electron chi connectivity index (χ1n) is 9.10. The second-order valence-electron chi connectivity index (χ2n) is 6.74. The number of nitrogens with one attached hydrogen (secondary N) is 2. The Kier molecular flexibility index (Phi) is 5.27. The van der Waals surface area contributed by atoms with E-state index < -0.39 is 6.16 Å². The van der Waals surface area contributed by atoms with Crippen molar-refractivity contribution >= 4 is 39.4 Å². The highest BCUT2D eigenvalue weighted by molar-refractivity contribution is 7.20. The van der Waals surface area contributed by atoms with E-state index in [4.69, 9.17) is 5.11 Å². The van der Waals surface area contributed by atoms with Crippen LogP contribution in [0, 0.1) is 0 Å². The number of hydrogen-bond donors (Lipinski definition) is 3. The van der Waals surface area contributed by atoms with Crippen LogP contribution in [-0.4, -0.2) is 45.4 Å². The zero-order chi connectivity index (χ0) is 19.5. The number of nitrogens with zero attached hydrogens (tertiary/aromatic N) is 2. The Morgan fingerprint density at radius 1 is 1.21 bits per heavy atom. The fourth-order valence-corrected chi connectivity index (χ4v) is 4.19. The number of anilines is 1. The third kappa shape index (κ3) is 4.15. The predicted octanol–water partition coefficient (Wildman–Crippen LogP) is 3.92.